The van der Waals surface area contributed by atoms with E-state index in [0.717, 1.165) is 0 Å². The van der Waals surface area contributed by atoms with Crippen LogP contribution in [0.25, 0.3) is 0 Å². The normalized spacial score (nSPS) is 33.6. The second kappa shape index (κ2) is 3.93. The molecule has 0 aromatic rings. The smallest absolute Gasteiger partial charge is 0.291 e. The van der Waals surface area contributed by atoms with E-state index in [-0.39, 0.29) is 0 Å². The van der Waals surface area contributed by atoms with Crippen molar-refractivity contribution in [1.82, 2.24) is 11.0 Å². The summed E-state index contributed by atoms with van der Waals surface area (Å²) in [5, 5.41) is 34.1. The third-order valence-corrected chi connectivity index (χ3v) is 1.87. The van der Waals surface area contributed by atoms with Crippen molar-refractivity contribution in [3.63, 3.8) is 0 Å². The molecule has 2 rings (SSSR count). The van der Waals surface area contributed by atoms with Gasteiger partial charge in [0.25, 0.3) is 0 Å². The Morgan fingerprint density at radius 3 is 1.61 bits per heavy atom. The number of azo groups is 1. The van der Waals surface area contributed by atoms with Gasteiger partial charge in [-0.2, -0.15) is 0 Å². The third-order valence-electron chi connectivity index (χ3n) is 1.87. The highest BCUT2D eigenvalue weighted by Gasteiger charge is 2.52. The molecule has 14 nitrogen and oxygen atoms in total. The quantitative estimate of drug-likeness (QED) is 0.342. The number of hydrogen-bond acceptors (Lipinski definition) is 12. The first-order valence-electron chi connectivity index (χ1n) is 4.19. The zero-order valence-electron chi connectivity index (χ0n) is 8.29. The van der Waals surface area contributed by atoms with E-state index >= 15 is 0 Å². The first kappa shape index (κ1) is 11.7. The molecule has 0 aliphatic carbocycles. The minimum Gasteiger partial charge on any atom is -0.291 e. The number of rotatable bonds is 4. The van der Waals surface area contributed by atoms with Crippen molar-refractivity contribution in [2.24, 2.45) is 20.5 Å². The van der Waals surface area contributed by atoms with Gasteiger partial charge in [-0.3, -0.25) is 30.1 Å². The van der Waals surface area contributed by atoms with Crippen LogP contribution in [0.2, 0.25) is 0 Å². The summed E-state index contributed by atoms with van der Waals surface area (Å²) >= 11 is 0. The molecule has 0 aromatic heterocycles. The number of hydroxylamine groups is 2. The van der Waals surface area contributed by atoms with Crippen LogP contribution in [0.1, 0.15) is 0 Å². The van der Waals surface area contributed by atoms with E-state index in [1.807, 2.05) is 11.0 Å². The van der Waals surface area contributed by atoms with Crippen LogP contribution >= 0.6 is 0 Å². The van der Waals surface area contributed by atoms with Crippen LogP contribution in [0.3, 0.4) is 0 Å². The van der Waals surface area contributed by atoms with Crippen LogP contribution in [-0.2, 0) is 9.88 Å². The molecule has 2 atom stereocenters. The van der Waals surface area contributed by atoms with Gasteiger partial charge in [-0.15, -0.1) is 0 Å². The predicted molar refractivity (Wildman–Crippen MR) is 49.7 cm³/mol. The zero-order valence-corrected chi connectivity index (χ0v) is 8.29. The number of hydrogen-bond donors (Lipinski definition) is 2. The average Bonchev–Trinajstić information content (AvgIpc) is 2.97. The number of nitro groups is 2. The van der Waals surface area contributed by atoms with Gasteiger partial charge in [0.05, 0.1) is 9.85 Å². The molecule has 0 spiro atoms. The van der Waals surface area contributed by atoms with Gasteiger partial charge in [0.1, 0.15) is 0 Å². The van der Waals surface area contributed by atoms with Crippen LogP contribution in [0.5, 0.6) is 0 Å². The summed E-state index contributed by atoms with van der Waals surface area (Å²) in [7, 11) is 0. The van der Waals surface area contributed by atoms with Gasteiger partial charge in [-0.05, 0) is 11.0 Å². The lowest BCUT2D eigenvalue weighted by Crippen LogP contribution is -2.51. The molecular weight excluding hydrogens is 256 g/mol. The maximum atomic E-state index is 10.8. The van der Waals surface area contributed by atoms with Crippen molar-refractivity contribution < 1.29 is 19.7 Å². The maximum absolute atomic E-state index is 10.8. The first-order valence-corrected chi connectivity index (χ1v) is 4.19. The Balaban J connectivity index is 2.29. The molecule has 2 N–H and O–H groups in total. The highest BCUT2D eigenvalue weighted by Crippen LogP contribution is 2.17. The largest absolute Gasteiger partial charge is 0.460 e. The molecule has 0 fully saturated rings. The molecule has 0 bridgehead atoms. The molecule has 2 heterocycles. The van der Waals surface area contributed by atoms with Gasteiger partial charge in [-0.25, -0.2) is 0 Å². The Bertz CT molecular complexity index is 432. The number of nitrogens with zero attached hydrogens (tertiary/aromatic N) is 6. The molecule has 2 unspecified atom stereocenters. The van der Waals surface area contributed by atoms with Crippen LogP contribution in [0.15, 0.2) is 20.5 Å². The minimum absolute atomic E-state index is 0.678. The van der Waals surface area contributed by atoms with Gasteiger partial charge in [0, 0.05) is 0 Å². The maximum Gasteiger partial charge on any atom is 0.460 e. The lowest BCUT2D eigenvalue weighted by Gasteiger charge is -2.11. The SMILES string of the molecule is O=[N+]([O-])C1(N=NC2([N+](=O)[O-])C=NON2)C=NON1. The van der Waals surface area contributed by atoms with E-state index in [1.54, 1.807) is 0 Å². The lowest BCUT2D eigenvalue weighted by molar-refractivity contribution is -0.572. The van der Waals surface area contributed by atoms with Crippen molar-refractivity contribution in [2.75, 3.05) is 0 Å². The van der Waals surface area contributed by atoms with Crippen LogP contribution in [-0.4, -0.2) is 33.8 Å². The predicted octanol–water partition coefficient (Wildman–Crippen LogP) is -1.66. The molecule has 2 aliphatic heterocycles. The first-order chi connectivity index (χ1) is 8.51. The summed E-state index contributed by atoms with van der Waals surface area (Å²) in [4.78, 5) is 28.1. The van der Waals surface area contributed by atoms with Crippen molar-refractivity contribution >= 4 is 12.4 Å². The van der Waals surface area contributed by atoms with Crippen LogP contribution in [0.4, 0.5) is 0 Å². The summed E-state index contributed by atoms with van der Waals surface area (Å²) in [6, 6.07) is 0. The second-order valence-corrected chi connectivity index (χ2v) is 3.02. The number of oxime groups is 2. The van der Waals surface area contributed by atoms with Gasteiger partial charge in [0.15, 0.2) is 12.4 Å². The average molecular weight is 260 g/mol. The topological polar surface area (TPSA) is 178 Å². The summed E-state index contributed by atoms with van der Waals surface area (Å²) in [6.45, 7) is 0. The van der Waals surface area contributed by atoms with Gasteiger partial charge in [-0.1, -0.05) is 20.5 Å². The molecule has 0 radical (unpaired) electrons. The zero-order chi connectivity index (χ0) is 13.2. The Kier molecular flexibility index (Phi) is 2.56. The summed E-state index contributed by atoms with van der Waals surface area (Å²) in [6.07, 6.45) is 1.36. The van der Waals surface area contributed by atoms with Gasteiger partial charge >= 0.3 is 11.6 Å². The van der Waals surface area contributed by atoms with Crippen molar-refractivity contribution in [3.05, 3.63) is 20.2 Å². The van der Waals surface area contributed by atoms with E-state index in [4.69, 9.17) is 0 Å². The molecule has 14 heteroatoms. The van der Waals surface area contributed by atoms with E-state index in [9.17, 15) is 20.2 Å². The fourth-order valence-corrected chi connectivity index (χ4v) is 0.926. The van der Waals surface area contributed by atoms with Crippen molar-refractivity contribution in [2.45, 2.75) is 11.6 Å². The lowest BCUT2D eigenvalue weighted by atomic mass is 10.4. The van der Waals surface area contributed by atoms with E-state index < -0.39 is 21.4 Å². The Labute approximate surface area is 96.5 Å². The van der Waals surface area contributed by atoms with Crippen LogP contribution < -0.4 is 11.0 Å². The molecule has 0 aromatic carbocycles. The van der Waals surface area contributed by atoms with E-state index in [0.29, 0.717) is 12.4 Å². The molecule has 0 saturated heterocycles. The summed E-state index contributed by atoms with van der Waals surface area (Å²) in [5.41, 5.74) is 3.66. The highest BCUT2D eigenvalue weighted by atomic mass is 16.8. The molecular formula is C4H4N8O6. The van der Waals surface area contributed by atoms with Crippen molar-refractivity contribution in [3.8, 4) is 0 Å². The Morgan fingerprint density at radius 2 is 1.39 bits per heavy atom. The molecule has 0 amide bonds. The minimum atomic E-state index is -2.33. The summed E-state index contributed by atoms with van der Waals surface area (Å²) < 4.78 is 0. The fraction of sp³-hybridized carbons (Fsp3) is 0.500. The Morgan fingerprint density at radius 1 is 1.00 bits per heavy atom. The van der Waals surface area contributed by atoms with Crippen molar-refractivity contribution in [1.29, 1.82) is 0 Å². The molecule has 0 saturated carbocycles. The molecule has 96 valence electrons. The van der Waals surface area contributed by atoms with Gasteiger partial charge in [0.2, 0.25) is 0 Å². The fourth-order valence-electron chi connectivity index (χ4n) is 0.926. The molecule has 18 heavy (non-hydrogen) atoms. The van der Waals surface area contributed by atoms with E-state index in [1.165, 1.54) is 0 Å². The molecule has 2 aliphatic rings. The van der Waals surface area contributed by atoms with E-state index in [2.05, 4.69) is 30.4 Å². The standard InChI is InChI=1S/C4H4N8O6/c13-11(14)3(1-5-17-9-3)7-8-4(12(15)16)2-6-18-10-4/h1-2,9-10H. The second-order valence-electron chi connectivity index (χ2n) is 3.02. The number of nitrogens with one attached hydrogen (secondary N) is 2. The van der Waals surface area contributed by atoms with Crippen LogP contribution in [0, 0.1) is 20.2 Å². The third kappa shape index (κ3) is 1.70. The summed E-state index contributed by atoms with van der Waals surface area (Å²) in [5.74, 6) is -4.66. The highest BCUT2D eigenvalue weighted by molar-refractivity contribution is 5.68. The van der Waals surface area contributed by atoms with Gasteiger partial charge < -0.3 is 0 Å². The monoisotopic (exact) mass is 260 g/mol. The Hall–Kier alpha value is -2.74.